The second-order valence-electron chi connectivity index (χ2n) is 4.93. The Morgan fingerprint density at radius 1 is 1.21 bits per heavy atom. The average Bonchev–Trinajstić information content (AvgIpc) is 2.45. The largest absolute Gasteiger partial charge is 0.311 e. The highest BCUT2D eigenvalue weighted by molar-refractivity contribution is 5.96. The first-order chi connectivity index (χ1) is 9.11. The second-order valence-corrected chi connectivity index (χ2v) is 4.93. The van der Waals surface area contributed by atoms with Crippen molar-refractivity contribution in [3.05, 3.63) is 30.3 Å². The van der Waals surface area contributed by atoms with E-state index < -0.39 is 0 Å². The van der Waals surface area contributed by atoms with Gasteiger partial charge in [0, 0.05) is 12.2 Å². The maximum atomic E-state index is 12.6. The van der Waals surface area contributed by atoms with E-state index in [0.717, 1.165) is 25.1 Å². The molecule has 0 bridgehead atoms. The molecule has 0 saturated carbocycles. The average molecular weight is 262 g/mol. The van der Waals surface area contributed by atoms with Crippen LogP contribution in [0.25, 0.3) is 0 Å². The molecule has 0 radical (unpaired) electrons. The summed E-state index contributed by atoms with van der Waals surface area (Å²) in [7, 11) is 2.02. The number of unbranched alkanes of at least 4 members (excludes halogenated alkanes) is 1. The summed E-state index contributed by atoms with van der Waals surface area (Å²) in [6.07, 6.45) is 2.28. The highest BCUT2D eigenvalue weighted by atomic mass is 16.2. The molecule has 0 heterocycles. The SMILES string of the molecule is CCCCN(C)C(C)C(=O)N(CC)c1ccccc1. The maximum Gasteiger partial charge on any atom is 0.244 e. The van der Waals surface area contributed by atoms with E-state index in [2.05, 4.69) is 11.8 Å². The van der Waals surface area contributed by atoms with Gasteiger partial charge in [-0.25, -0.2) is 0 Å². The van der Waals surface area contributed by atoms with Crippen molar-refractivity contribution in [3.63, 3.8) is 0 Å². The third-order valence-corrected chi connectivity index (χ3v) is 3.53. The fourth-order valence-corrected chi connectivity index (χ4v) is 2.09. The molecule has 1 aromatic rings. The molecule has 1 aromatic carbocycles. The van der Waals surface area contributed by atoms with Crippen LogP contribution in [0, 0.1) is 0 Å². The minimum atomic E-state index is -0.0771. The summed E-state index contributed by atoms with van der Waals surface area (Å²) in [5, 5.41) is 0. The van der Waals surface area contributed by atoms with Crippen molar-refractivity contribution in [1.82, 2.24) is 4.90 Å². The van der Waals surface area contributed by atoms with Gasteiger partial charge in [-0.1, -0.05) is 31.5 Å². The number of likely N-dealkylation sites (N-methyl/N-ethyl adjacent to an activating group) is 2. The predicted molar refractivity (Wildman–Crippen MR) is 81.5 cm³/mol. The van der Waals surface area contributed by atoms with Gasteiger partial charge in [0.15, 0.2) is 0 Å². The van der Waals surface area contributed by atoms with Gasteiger partial charge in [0.25, 0.3) is 0 Å². The first-order valence-electron chi connectivity index (χ1n) is 7.18. The number of rotatable bonds is 7. The lowest BCUT2D eigenvalue weighted by atomic mass is 10.2. The van der Waals surface area contributed by atoms with E-state index in [1.165, 1.54) is 0 Å². The van der Waals surface area contributed by atoms with Gasteiger partial charge < -0.3 is 4.90 Å². The summed E-state index contributed by atoms with van der Waals surface area (Å²) >= 11 is 0. The van der Waals surface area contributed by atoms with Crippen molar-refractivity contribution >= 4 is 11.6 Å². The number of amides is 1. The van der Waals surface area contributed by atoms with E-state index in [1.54, 1.807) is 0 Å². The monoisotopic (exact) mass is 262 g/mol. The van der Waals surface area contributed by atoms with Gasteiger partial charge in [-0.2, -0.15) is 0 Å². The van der Waals surface area contributed by atoms with Crippen LogP contribution in [0.5, 0.6) is 0 Å². The number of carbonyl (C=O) groups is 1. The highest BCUT2D eigenvalue weighted by Crippen LogP contribution is 2.15. The molecule has 0 aliphatic heterocycles. The Labute approximate surface area is 117 Å². The normalized spacial score (nSPS) is 12.5. The number of nitrogens with zero attached hydrogens (tertiary/aromatic N) is 2. The molecule has 1 amide bonds. The van der Waals surface area contributed by atoms with Crippen LogP contribution in [0.3, 0.4) is 0 Å². The molecule has 0 N–H and O–H groups in total. The molecule has 0 aliphatic carbocycles. The third kappa shape index (κ3) is 4.35. The lowest BCUT2D eigenvalue weighted by Gasteiger charge is -2.29. The minimum absolute atomic E-state index is 0.0771. The number of hydrogen-bond acceptors (Lipinski definition) is 2. The van der Waals surface area contributed by atoms with Gasteiger partial charge in [-0.15, -0.1) is 0 Å². The zero-order valence-corrected chi connectivity index (χ0v) is 12.6. The molecular weight excluding hydrogens is 236 g/mol. The molecule has 106 valence electrons. The van der Waals surface area contributed by atoms with Crippen LogP contribution in [0.1, 0.15) is 33.6 Å². The van der Waals surface area contributed by atoms with Crippen molar-refractivity contribution in [2.45, 2.75) is 39.7 Å². The molecule has 1 unspecified atom stereocenters. The predicted octanol–water partition coefficient (Wildman–Crippen LogP) is 3.16. The van der Waals surface area contributed by atoms with Gasteiger partial charge >= 0.3 is 0 Å². The fraction of sp³-hybridized carbons (Fsp3) is 0.562. The summed E-state index contributed by atoms with van der Waals surface area (Å²) in [5.41, 5.74) is 0.978. The minimum Gasteiger partial charge on any atom is -0.311 e. The van der Waals surface area contributed by atoms with Gasteiger partial charge in [0.1, 0.15) is 0 Å². The fourth-order valence-electron chi connectivity index (χ4n) is 2.09. The molecule has 0 aliphatic rings. The van der Waals surface area contributed by atoms with Gasteiger partial charge in [-0.05, 0) is 46.0 Å². The van der Waals surface area contributed by atoms with Crippen molar-refractivity contribution < 1.29 is 4.79 Å². The van der Waals surface area contributed by atoms with Gasteiger partial charge in [-0.3, -0.25) is 9.69 Å². The van der Waals surface area contributed by atoms with Crippen LogP contribution >= 0.6 is 0 Å². The van der Waals surface area contributed by atoms with Crippen LogP contribution in [0.15, 0.2) is 30.3 Å². The Balaban J connectivity index is 2.73. The quantitative estimate of drug-likeness (QED) is 0.753. The van der Waals surface area contributed by atoms with Crippen molar-refractivity contribution in [3.8, 4) is 0 Å². The van der Waals surface area contributed by atoms with Crippen LogP contribution < -0.4 is 4.90 Å². The zero-order chi connectivity index (χ0) is 14.3. The molecular formula is C16H26N2O. The van der Waals surface area contributed by atoms with Crippen LogP contribution in [0.4, 0.5) is 5.69 Å². The summed E-state index contributed by atoms with van der Waals surface area (Å²) in [4.78, 5) is 16.6. The molecule has 3 heteroatoms. The summed E-state index contributed by atoms with van der Waals surface area (Å²) < 4.78 is 0. The van der Waals surface area contributed by atoms with Gasteiger partial charge in [0.2, 0.25) is 5.91 Å². The molecule has 0 saturated heterocycles. The van der Waals surface area contributed by atoms with Crippen molar-refractivity contribution in [2.75, 3.05) is 25.0 Å². The Bertz CT molecular complexity index is 378. The number of carbonyl (C=O) groups excluding carboxylic acids is 1. The van der Waals surface area contributed by atoms with Gasteiger partial charge in [0.05, 0.1) is 6.04 Å². The Kier molecular flexibility index (Phi) is 6.57. The van der Waals surface area contributed by atoms with Crippen LogP contribution in [-0.2, 0) is 4.79 Å². The van der Waals surface area contributed by atoms with E-state index in [1.807, 2.05) is 56.1 Å². The van der Waals surface area contributed by atoms with Crippen molar-refractivity contribution in [2.24, 2.45) is 0 Å². The molecule has 19 heavy (non-hydrogen) atoms. The Morgan fingerprint density at radius 2 is 1.84 bits per heavy atom. The van der Waals surface area contributed by atoms with Crippen LogP contribution in [0.2, 0.25) is 0 Å². The lowest BCUT2D eigenvalue weighted by Crippen LogP contribution is -2.46. The molecule has 0 aromatic heterocycles. The molecule has 0 spiro atoms. The first kappa shape index (κ1) is 15.7. The summed E-state index contributed by atoms with van der Waals surface area (Å²) in [6, 6.07) is 9.80. The Hall–Kier alpha value is -1.35. The van der Waals surface area contributed by atoms with E-state index in [-0.39, 0.29) is 11.9 Å². The van der Waals surface area contributed by atoms with E-state index in [4.69, 9.17) is 0 Å². The lowest BCUT2D eigenvalue weighted by molar-refractivity contribution is -0.122. The standard InChI is InChI=1S/C16H26N2O/c1-5-7-13-17(4)14(3)16(19)18(6-2)15-11-9-8-10-12-15/h8-12,14H,5-7,13H2,1-4H3. The third-order valence-electron chi connectivity index (χ3n) is 3.53. The topological polar surface area (TPSA) is 23.6 Å². The summed E-state index contributed by atoms with van der Waals surface area (Å²) in [5.74, 6) is 0.173. The van der Waals surface area contributed by atoms with E-state index in [0.29, 0.717) is 6.54 Å². The van der Waals surface area contributed by atoms with Crippen molar-refractivity contribution in [1.29, 1.82) is 0 Å². The maximum absolute atomic E-state index is 12.6. The Morgan fingerprint density at radius 3 is 2.37 bits per heavy atom. The molecule has 3 nitrogen and oxygen atoms in total. The van der Waals surface area contributed by atoms with E-state index in [9.17, 15) is 4.79 Å². The first-order valence-corrected chi connectivity index (χ1v) is 7.18. The highest BCUT2D eigenvalue weighted by Gasteiger charge is 2.23. The number of para-hydroxylation sites is 1. The number of hydrogen-bond donors (Lipinski definition) is 0. The molecule has 1 rings (SSSR count). The second kappa shape index (κ2) is 7.95. The smallest absolute Gasteiger partial charge is 0.244 e. The number of anilines is 1. The molecule has 1 atom stereocenters. The zero-order valence-electron chi connectivity index (χ0n) is 12.6. The molecule has 0 fully saturated rings. The summed E-state index contributed by atoms with van der Waals surface area (Å²) in [6.45, 7) is 7.85. The van der Waals surface area contributed by atoms with E-state index >= 15 is 0 Å². The van der Waals surface area contributed by atoms with Crippen LogP contribution in [-0.4, -0.2) is 37.0 Å². The number of benzene rings is 1.